The van der Waals surface area contributed by atoms with Crippen molar-refractivity contribution >= 4 is 5.97 Å². The third-order valence-electron chi connectivity index (χ3n) is 3.85. The second-order valence-corrected chi connectivity index (χ2v) is 5.62. The van der Waals surface area contributed by atoms with E-state index in [1.807, 2.05) is 13.0 Å². The molecule has 0 spiro atoms. The highest BCUT2D eigenvalue weighted by atomic mass is 16.4. The first kappa shape index (κ1) is 13.1. The molecule has 1 aliphatic rings. The van der Waals surface area contributed by atoms with Crippen LogP contribution in [0.1, 0.15) is 34.8 Å². The normalized spacial score (nSPS) is 22.2. The van der Waals surface area contributed by atoms with E-state index in [9.17, 15) is 4.79 Å². The zero-order valence-electron chi connectivity index (χ0n) is 11.3. The number of carbonyl (C=O) groups is 1. The number of benzene rings is 1. The van der Waals surface area contributed by atoms with Gasteiger partial charge in [-0.2, -0.15) is 0 Å². The quantitative estimate of drug-likeness (QED) is 0.869. The van der Waals surface area contributed by atoms with Crippen LogP contribution in [0.25, 0.3) is 0 Å². The molecule has 98 valence electrons. The highest BCUT2D eigenvalue weighted by Gasteiger charge is 2.33. The molecule has 0 heterocycles. The second kappa shape index (κ2) is 5.11. The molecule has 1 aliphatic carbocycles. The van der Waals surface area contributed by atoms with Gasteiger partial charge in [0.05, 0.1) is 5.56 Å². The predicted molar refractivity (Wildman–Crippen MR) is 71.7 cm³/mol. The molecular formula is C15H21NO2. The van der Waals surface area contributed by atoms with E-state index in [-0.39, 0.29) is 0 Å². The van der Waals surface area contributed by atoms with Crippen molar-refractivity contribution < 1.29 is 9.90 Å². The lowest BCUT2D eigenvalue weighted by molar-refractivity contribution is 0.0696. The van der Waals surface area contributed by atoms with Crippen LogP contribution >= 0.6 is 0 Å². The Morgan fingerprint density at radius 2 is 2.17 bits per heavy atom. The van der Waals surface area contributed by atoms with Crippen LogP contribution in [0.2, 0.25) is 0 Å². The van der Waals surface area contributed by atoms with Gasteiger partial charge in [0.25, 0.3) is 0 Å². The lowest BCUT2D eigenvalue weighted by Gasteiger charge is -2.18. The number of rotatable bonds is 5. The van der Waals surface area contributed by atoms with Crippen molar-refractivity contribution in [3.63, 3.8) is 0 Å². The van der Waals surface area contributed by atoms with Crippen molar-refractivity contribution in [2.45, 2.75) is 26.8 Å². The van der Waals surface area contributed by atoms with E-state index in [0.717, 1.165) is 30.5 Å². The van der Waals surface area contributed by atoms with Crippen LogP contribution < -0.4 is 0 Å². The first-order valence-corrected chi connectivity index (χ1v) is 6.48. The number of carboxylic acids is 1. The molecule has 0 radical (unpaired) electrons. The zero-order valence-corrected chi connectivity index (χ0v) is 11.3. The minimum Gasteiger partial charge on any atom is -0.478 e. The van der Waals surface area contributed by atoms with Crippen molar-refractivity contribution in [2.75, 3.05) is 13.6 Å². The van der Waals surface area contributed by atoms with Gasteiger partial charge in [-0.1, -0.05) is 13.0 Å². The Morgan fingerprint density at radius 3 is 2.67 bits per heavy atom. The second-order valence-electron chi connectivity index (χ2n) is 5.62. The van der Waals surface area contributed by atoms with Crippen LogP contribution in [0.4, 0.5) is 0 Å². The van der Waals surface area contributed by atoms with Crippen LogP contribution in [0.5, 0.6) is 0 Å². The first-order chi connectivity index (χ1) is 8.47. The largest absolute Gasteiger partial charge is 0.478 e. The highest BCUT2D eigenvalue weighted by molar-refractivity contribution is 5.87. The van der Waals surface area contributed by atoms with Gasteiger partial charge in [-0.25, -0.2) is 4.79 Å². The predicted octanol–water partition coefficient (Wildman–Crippen LogP) is 2.78. The fraction of sp³-hybridized carbons (Fsp3) is 0.533. The number of aryl methyl sites for hydroxylation is 1. The van der Waals surface area contributed by atoms with E-state index >= 15 is 0 Å². The molecule has 0 aromatic heterocycles. The maximum atomic E-state index is 10.9. The van der Waals surface area contributed by atoms with Gasteiger partial charge in [0.1, 0.15) is 0 Å². The van der Waals surface area contributed by atoms with Crippen molar-refractivity contribution in [3.8, 4) is 0 Å². The summed E-state index contributed by atoms with van der Waals surface area (Å²) in [7, 11) is 2.13. The van der Waals surface area contributed by atoms with Crippen LogP contribution in [-0.2, 0) is 6.54 Å². The summed E-state index contributed by atoms with van der Waals surface area (Å²) in [5.41, 5.74) is 2.65. The summed E-state index contributed by atoms with van der Waals surface area (Å²) in [5.74, 6) is 0.876. The molecule has 0 saturated heterocycles. The highest BCUT2D eigenvalue weighted by Crippen LogP contribution is 2.38. The number of aromatic carboxylic acids is 1. The van der Waals surface area contributed by atoms with E-state index in [0.29, 0.717) is 5.56 Å². The number of hydrogen-bond acceptors (Lipinski definition) is 2. The van der Waals surface area contributed by atoms with Crippen LogP contribution in [-0.4, -0.2) is 29.6 Å². The van der Waals surface area contributed by atoms with Crippen molar-refractivity contribution in [3.05, 3.63) is 34.9 Å². The van der Waals surface area contributed by atoms with Gasteiger partial charge < -0.3 is 10.0 Å². The van der Waals surface area contributed by atoms with Gasteiger partial charge in [-0.05, 0) is 55.5 Å². The molecular weight excluding hydrogens is 226 g/mol. The van der Waals surface area contributed by atoms with Crippen molar-refractivity contribution in [2.24, 2.45) is 11.8 Å². The summed E-state index contributed by atoms with van der Waals surface area (Å²) >= 11 is 0. The summed E-state index contributed by atoms with van der Waals surface area (Å²) in [5, 5.41) is 8.93. The van der Waals surface area contributed by atoms with Crippen LogP contribution in [0.15, 0.2) is 18.2 Å². The Balaban J connectivity index is 1.98. The Morgan fingerprint density at radius 1 is 1.50 bits per heavy atom. The Hall–Kier alpha value is -1.35. The molecule has 1 saturated carbocycles. The van der Waals surface area contributed by atoms with Crippen molar-refractivity contribution in [1.29, 1.82) is 0 Å². The molecule has 2 atom stereocenters. The summed E-state index contributed by atoms with van der Waals surface area (Å²) in [6.07, 6.45) is 1.35. The lowest BCUT2D eigenvalue weighted by Crippen LogP contribution is -2.21. The maximum Gasteiger partial charge on any atom is 0.335 e. The topological polar surface area (TPSA) is 40.5 Å². The third kappa shape index (κ3) is 3.10. The Labute approximate surface area is 108 Å². The molecule has 1 aromatic carbocycles. The van der Waals surface area contributed by atoms with Gasteiger partial charge >= 0.3 is 5.97 Å². The van der Waals surface area contributed by atoms with E-state index < -0.39 is 5.97 Å². The summed E-state index contributed by atoms with van der Waals surface area (Å²) < 4.78 is 0. The monoisotopic (exact) mass is 247 g/mol. The average Bonchev–Trinajstić information content (AvgIpc) is 2.96. The molecule has 0 bridgehead atoms. The smallest absolute Gasteiger partial charge is 0.335 e. The number of carboxylic acid groups (broad SMARTS) is 1. The maximum absolute atomic E-state index is 10.9. The molecule has 3 nitrogen and oxygen atoms in total. The molecule has 2 unspecified atom stereocenters. The SMILES string of the molecule is Cc1cc(C(=O)O)ccc1CN(C)CC1CC1C. The third-order valence-corrected chi connectivity index (χ3v) is 3.85. The summed E-state index contributed by atoms with van der Waals surface area (Å²) in [6, 6.07) is 5.38. The van der Waals surface area contributed by atoms with Gasteiger partial charge in [-0.3, -0.25) is 0 Å². The molecule has 18 heavy (non-hydrogen) atoms. The molecule has 0 aliphatic heterocycles. The summed E-state index contributed by atoms with van der Waals surface area (Å²) in [4.78, 5) is 13.2. The molecule has 1 aromatic rings. The molecule has 3 heteroatoms. The molecule has 1 N–H and O–H groups in total. The van der Waals surface area contributed by atoms with E-state index in [1.54, 1.807) is 12.1 Å². The van der Waals surface area contributed by atoms with Gasteiger partial charge in [0, 0.05) is 13.1 Å². The van der Waals surface area contributed by atoms with E-state index in [2.05, 4.69) is 18.9 Å². The van der Waals surface area contributed by atoms with Gasteiger partial charge in [0.15, 0.2) is 0 Å². The summed E-state index contributed by atoms with van der Waals surface area (Å²) in [6.45, 7) is 6.32. The van der Waals surface area contributed by atoms with Gasteiger partial charge in [0.2, 0.25) is 0 Å². The van der Waals surface area contributed by atoms with E-state index in [4.69, 9.17) is 5.11 Å². The Bertz CT molecular complexity index is 456. The zero-order chi connectivity index (χ0) is 13.3. The Kier molecular flexibility index (Phi) is 3.71. The van der Waals surface area contributed by atoms with Crippen molar-refractivity contribution in [1.82, 2.24) is 4.90 Å². The van der Waals surface area contributed by atoms with E-state index in [1.165, 1.54) is 12.0 Å². The number of hydrogen-bond donors (Lipinski definition) is 1. The average molecular weight is 247 g/mol. The van der Waals surface area contributed by atoms with Gasteiger partial charge in [-0.15, -0.1) is 0 Å². The molecule has 0 amide bonds. The van der Waals surface area contributed by atoms with Crippen LogP contribution in [0.3, 0.4) is 0 Å². The standard InChI is InChI=1S/C15H21NO2/c1-10-6-12(15(17)18)4-5-13(10)8-16(3)9-14-7-11(14)2/h4-6,11,14H,7-9H2,1-3H3,(H,17,18). The fourth-order valence-corrected chi connectivity index (χ4v) is 2.42. The fourth-order valence-electron chi connectivity index (χ4n) is 2.42. The molecule has 2 rings (SSSR count). The minimum absolute atomic E-state index is 0.370. The van der Waals surface area contributed by atoms with Crippen LogP contribution in [0, 0.1) is 18.8 Å². The lowest BCUT2D eigenvalue weighted by atomic mass is 10.0. The number of nitrogens with zero attached hydrogens (tertiary/aromatic N) is 1. The molecule has 1 fully saturated rings. The minimum atomic E-state index is -0.857. The first-order valence-electron chi connectivity index (χ1n) is 6.48.